The van der Waals surface area contributed by atoms with Crippen molar-refractivity contribution in [2.24, 2.45) is 4.99 Å². The van der Waals surface area contributed by atoms with E-state index in [1.165, 1.54) is 82.3 Å². The molecule has 0 N–H and O–H groups in total. The van der Waals surface area contributed by atoms with E-state index in [-0.39, 0.29) is 0 Å². The van der Waals surface area contributed by atoms with Crippen LogP contribution in [0.4, 0.5) is 0 Å². The molecule has 0 heterocycles. The number of hydrogen-bond acceptors (Lipinski definition) is 2. The lowest BCUT2D eigenvalue weighted by molar-refractivity contribution is 0.544. The Morgan fingerprint density at radius 3 is 1.83 bits per heavy atom. The Morgan fingerprint density at radius 1 is 0.739 bits per heavy atom. The smallest absolute Gasteiger partial charge is 0.211 e. The van der Waals surface area contributed by atoms with E-state index >= 15 is 0 Å². The van der Waals surface area contributed by atoms with Crippen LogP contribution >= 0.6 is 0 Å². The van der Waals surface area contributed by atoms with Crippen LogP contribution in [0.2, 0.25) is 0 Å². The highest BCUT2D eigenvalue weighted by Gasteiger charge is 1.95. The normalized spacial score (nSPS) is 10.4. The van der Waals surface area contributed by atoms with Gasteiger partial charge in [-0.05, 0) is 24.8 Å². The largest absolute Gasteiger partial charge is 0.235 e. The van der Waals surface area contributed by atoms with Crippen molar-refractivity contribution in [1.82, 2.24) is 0 Å². The number of hydrogen-bond donors (Lipinski definition) is 0. The first-order chi connectivity index (χ1) is 11.4. The van der Waals surface area contributed by atoms with Gasteiger partial charge in [0.25, 0.3) is 0 Å². The van der Waals surface area contributed by atoms with Gasteiger partial charge < -0.3 is 0 Å². The predicted octanol–water partition coefficient (Wildman–Crippen LogP) is 6.41. The Hall–Kier alpha value is -1.40. The van der Waals surface area contributed by atoms with Gasteiger partial charge >= 0.3 is 0 Å². The third-order valence-electron chi connectivity index (χ3n) is 4.29. The minimum absolute atomic E-state index is 0.915. The van der Waals surface area contributed by atoms with Gasteiger partial charge in [-0.1, -0.05) is 94.5 Å². The highest BCUT2D eigenvalue weighted by atomic mass is 16.1. The fraction of sp³-hybridized carbons (Fsp3) is 0.619. The molecule has 127 valence electrons. The van der Waals surface area contributed by atoms with Gasteiger partial charge in [0, 0.05) is 0 Å². The van der Waals surface area contributed by atoms with Gasteiger partial charge in [0.2, 0.25) is 6.08 Å². The van der Waals surface area contributed by atoms with Gasteiger partial charge in [0.05, 0.1) is 6.54 Å². The second-order valence-corrected chi connectivity index (χ2v) is 6.32. The summed E-state index contributed by atoms with van der Waals surface area (Å²) in [5.41, 5.74) is 1.48. The monoisotopic (exact) mass is 314 g/mol. The third kappa shape index (κ3) is 12.8. The van der Waals surface area contributed by atoms with Gasteiger partial charge in [-0.15, -0.1) is 0 Å². The molecule has 0 amide bonds. The first-order valence-electron chi connectivity index (χ1n) is 9.36. The van der Waals surface area contributed by atoms with Crippen molar-refractivity contribution in [2.75, 3.05) is 0 Å². The Labute approximate surface area is 142 Å². The molecule has 1 aromatic carbocycles. The lowest BCUT2D eigenvalue weighted by Crippen LogP contribution is -1.86. The molecule has 0 aliphatic carbocycles. The number of carbonyl (C=O) groups excluding carboxylic acids is 1. The van der Waals surface area contributed by atoms with Crippen LogP contribution < -0.4 is 0 Å². The summed E-state index contributed by atoms with van der Waals surface area (Å²) in [4.78, 5) is 13.3. The summed E-state index contributed by atoms with van der Waals surface area (Å²) in [5, 5.41) is 0. The number of unbranched alkanes of at least 4 members (excludes halogenated alkanes) is 11. The molecule has 1 rings (SSSR count). The maximum absolute atomic E-state index is 9.87. The maximum Gasteiger partial charge on any atom is 0.235 e. The fourth-order valence-corrected chi connectivity index (χ4v) is 2.90. The van der Waals surface area contributed by atoms with Gasteiger partial charge in [0.1, 0.15) is 0 Å². The highest BCUT2D eigenvalue weighted by Crippen LogP contribution is 2.13. The van der Waals surface area contributed by atoms with E-state index in [4.69, 9.17) is 0 Å². The first-order valence-corrected chi connectivity index (χ1v) is 9.36. The van der Waals surface area contributed by atoms with E-state index in [1.54, 1.807) is 6.54 Å². The molecular weight excluding hydrogens is 282 g/mol. The molecule has 0 aromatic heterocycles. The Bertz CT molecular complexity index is 409. The van der Waals surface area contributed by atoms with E-state index in [0.29, 0.717) is 0 Å². The zero-order valence-electron chi connectivity index (χ0n) is 14.5. The zero-order chi connectivity index (χ0) is 16.4. The van der Waals surface area contributed by atoms with Crippen LogP contribution in [0.5, 0.6) is 0 Å². The van der Waals surface area contributed by atoms with Crippen LogP contribution in [-0.2, 0) is 11.2 Å². The van der Waals surface area contributed by atoms with E-state index < -0.39 is 0 Å². The number of aliphatic imine (C=N–C) groups is 1. The Kier molecular flexibility index (Phi) is 13.2. The van der Waals surface area contributed by atoms with Crippen molar-refractivity contribution in [1.29, 1.82) is 0 Å². The maximum atomic E-state index is 9.87. The molecule has 0 spiro atoms. The van der Waals surface area contributed by atoms with Crippen molar-refractivity contribution in [2.45, 2.75) is 83.5 Å². The van der Waals surface area contributed by atoms with Crippen molar-refractivity contribution in [3.63, 3.8) is 0 Å². The summed E-state index contributed by atoms with van der Waals surface area (Å²) in [5.74, 6) is 0. The SMILES string of the molecule is O=C=N[CH]CCCCCCCCCCCCCc1ccccc1. The summed E-state index contributed by atoms with van der Waals surface area (Å²) in [7, 11) is 0. The van der Waals surface area contributed by atoms with Crippen molar-refractivity contribution < 1.29 is 4.79 Å². The number of benzene rings is 1. The van der Waals surface area contributed by atoms with Gasteiger partial charge in [-0.2, -0.15) is 0 Å². The van der Waals surface area contributed by atoms with E-state index in [1.807, 2.05) is 0 Å². The number of isocyanates is 1. The highest BCUT2D eigenvalue weighted by molar-refractivity contribution is 5.33. The van der Waals surface area contributed by atoms with Gasteiger partial charge in [-0.25, -0.2) is 9.79 Å². The minimum Gasteiger partial charge on any atom is -0.211 e. The average Bonchev–Trinajstić information content (AvgIpc) is 2.59. The Balaban J connectivity index is 1.74. The van der Waals surface area contributed by atoms with E-state index in [2.05, 4.69) is 35.3 Å². The summed E-state index contributed by atoms with van der Waals surface area (Å²) in [6, 6.07) is 10.8. The second kappa shape index (κ2) is 15.5. The summed E-state index contributed by atoms with van der Waals surface area (Å²) < 4.78 is 0. The summed E-state index contributed by atoms with van der Waals surface area (Å²) >= 11 is 0. The molecule has 0 saturated carbocycles. The quantitative estimate of drug-likeness (QED) is 0.209. The fourth-order valence-electron chi connectivity index (χ4n) is 2.90. The molecule has 1 radical (unpaired) electrons. The van der Waals surface area contributed by atoms with Gasteiger partial charge in [0.15, 0.2) is 0 Å². The first kappa shape index (κ1) is 19.6. The minimum atomic E-state index is 0.915. The summed E-state index contributed by atoms with van der Waals surface area (Å²) in [6.07, 6.45) is 18.4. The predicted molar refractivity (Wildman–Crippen MR) is 98.0 cm³/mol. The molecule has 0 bridgehead atoms. The lowest BCUT2D eigenvalue weighted by Gasteiger charge is -2.03. The lowest BCUT2D eigenvalue weighted by atomic mass is 10.0. The molecule has 0 fully saturated rings. The van der Waals surface area contributed by atoms with Crippen LogP contribution in [0.25, 0.3) is 0 Å². The standard InChI is InChI=1S/C21H32NO/c23-20-22-19-15-10-8-6-4-2-1-3-5-7-9-12-16-21-17-13-11-14-18-21/h11,13-14,17-19H,1-10,12,15-16H2. The molecule has 2 nitrogen and oxygen atoms in total. The molecule has 0 unspecified atom stereocenters. The van der Waals surface area contributed by atoms with Crippen molar-refractivity contribution in [3.8, 4) is 0 Å². The molecule has 0 aliphatic heterocycles. The van der Waals surface area contributed by atoms with E-state index in [0.717, 1.165) is 12.8 Å². The molecule has 0 atom stereocenters. The second-order valence-electron chi connectivity index (χ2n) is 6.32. The van der Waals surface area contributed by atoms with E-state index in [9.17, 15) is 4.79 Å². The third-order valence-corrected chi connectivity index (χ3v) is 4.29. The average molecular weight is 314 g/mol. The number of aryl methyl sites for hydroxylation is 1. The van der Waals surface area contributed by atoms with Crippen LogP contribution in [0, 0.1) is 6.54 Å². The van der Waals surface area contributed by atoms with Crippen molar-refractivity contribution >= 4 is 6.08 Å². The molecular formula is C21H32NO. The summed E-state index contributed by atoms with van der Waals surface area (Å²) in [6.45, 7) is 1.67. The topological polar surface area (TPSA) is 29.4 Å². The molecule has 23 heavy (non-hydrogen) atoms. The number of rotatable bonds is 15. The molecule has 2 heteroatoms. The zero-order valence-corrected chi connectivity index (χ0v) is 14.5. The van der Waals surface area contributed by atoms with Crippen LogP contribution in [0.3, 0.4) is 0 Å². The van der Waals surface area contributed by atoms with Crippen LogP contribution in [-0.4, -0.2) is 6.08 Å². The molecule has 0 saturated heterocycles. The van der Waals surface area contributed by atoms with Crippen LogP contribution in [0.15, 0.2) is 35.3 Å². The Morgan fingerprint density at radius 2 is 1.26 bits per heavy atom. The van der Waals surface area contributed by atoms with Gasteiger partial charge in [-0.3, -0.25) is 0 Å². The molecule has 1 aromatic rings. The van der Waals surface area contributed by atoms with Crippen molar-refractivity contribution in [3.05, 3.63) is 42.4 Å². The van der Waals surface area contributed by atoms with Crippen LogP contribution in [0.1, 0.15) is 82.6 Å². The number of nitrogens with zero attached hydrogens (tertiary/aromatic N) is 1. The molecule has 0 aliphatic rings.